The van der Waals surface area contributed by atoms with Crippen molar-refractivity contribution in [2.24, 2.45) is 0 Å². The number of pyridine rings is 1. The maximum atomic E-state index is 11.8. The molecule has 1 atom stereocenters. The number of nitrogens with one attached hydrogen (secondary N) is 2. The first-order valence-corrected chi connectivity index (χ1v) is 5.18. The third-order valence-electron chi connectivity index (χ3n) is 2.68. The molecule has 5 heteroatoms. The van der Waals surface area contributed by atoms with Crippen molar-refractivity contribution in [3.05, 3.63) is 34.2 Å². The molecule has 5 nitrogen and oxygen atoms in total. The van der Waals surface area contributed by atoms with Crippen LogP contribution in [0.5, 0.6) is 0 Å². The van der Waals surface area contributed by atoms with Gasteiger partial charge in [-0.1, -0.05) is 0 Å². The largest absolute Gasteiger partial charge is 0.379 e. The Bertz CT molecular complexity index is 426. The minimum atomic E-state index is -0.298. The maximum absolute atomic E-state index is 11.8. The zero-order chi connectivity index (χ0) is 11.6. The number of aromatic amines is 1. The summed E-state index contributed by atoms with van der Waals surface area (Å²) in [5.41, 5.74) is -0.0626. The minimum Gasteiger partial charge on any atom is -0.379 e. The average molecular weight is 222 g/mol. The molecule has 1 fully saturated rings. The number of hydrogen-bond donors (Lipinski definition) is 2. The summed E-state index contributed by atoms with van der Waals surface area (Å²) >= 11 is 0. The third kappa shape index (κ3) is 2.30. The van der Waals surface area contributed by atoms with E-state index in [1.165, 1.54) is 18.3 Å². The van der Waals surface area contributed by atoms with Gasteiger partial charge in [0.05, 0.1) is 17.7 Å². The number of carbonyl (C=O) groups is 1. The lowest BCUT2D eigenvalue weighted by molar-refractivity contribution is 0.0889. The molecule has 0 radical (unpaired) electrons. The molecule has 86 valence electrons. The van der Waals surface area contributed by atoms with Crippen molar-refractivity contribution < 1.29 is 9.53 Å². The summed E-state index contributed by atoms with van der Waals surface area (Å²) in [6.07, 6.45) is 2.22. The van der Waals surface area contributed by atoms with Crippen molar-refractivity contribution in [2.75, 3.05) is 13.2 Å². The predicted octanol–water partition coefficient (Wildman–Crippen LogP) is 0.284. The Balaban J connectivity index is 2.08. The normalized spacial score (nSPS) is 24.3. The number of ether oxygens (including phenoxy) is 1. The molecule has 2 rings (SSSR count). The lowest BCUT2D eigenvalue weighted by Crippen LogP contribution is -2.46. The van der Waals surface area contributed by atoms with Gasteiger partial charge >= 0.3 is 0 Å². The molecule has 1 aromatic heterocycles. The highest BCUT2D eigenvalue weighted by molar-refractivity contribution is 5.94. The van der Waals surface area contributed by atoms with Crippen molar-refractivity contribution in [1.82, 2.24) is 10.3 Å². The molecule has 16 heavy (non-hydrogen) atoms. The summed E-state index contributed by atoms with van der Waals surface area (Å²) in [5.74, 6) is -0.191. The zero-order valence-electron chi connectivity index (χ0n) is 9.08. The average Bonchev–Trinajstić information content (AvgIpc) is 2.65. The van der Waals surface area contributed by atoms with E-state index >= 15 is 0 Å². The fraction of sp³-hybridized carbons (Fsp3) is 0.455. The number of hydrogen-bond acceptors (Lipinski definition) is 3. The number of aromatic nitrogens is 1. The van der Waals surface area contributed by atoms with Gasteiger partial charge in [-0.05, 0) is 19.4 Å². The SMILES string of the molecule is CC1(NC(=O)c2ccc(=O)[nH]c2)CCOC1. The van der Waals surface area contributed by atoms with Crippen LogP contribution in [-0.4, -0.2) is 29.6 Å². The van der Waals surface area contributed by atoms with Crippen LogP contribution >= 0.6 is 0 Å². The first kappa shape index (κ1) is 10.9. The van der Waals surface area contributed by atoms with Gasteiger partial charge in [-0.3, -0.25) is 9.59 Å². The van der Waals surface area contributed by atoms with Gasteiger partial charge in [0.1, 0.15) is 0 Å². The van der Waals surface area contributed by atoms with Gasteiger partial charge in [0.2, 0.25) is 5.56 Å². The minimum absolute atomic E-state index is 0.191. The van der Waals surface area contributed by atoms with Crippen molar-refractivity contribution in [1.29, 1.82) is 0 Å². The van der Waals surface area contributed by atoms with Gasteiger partial charge in [-0.15, -0.1) is 0 Å². The van der Waals surface area contributed by atoms with Crippen LogP contribution in [0, 0.1) is 0 Å². The van der Waals surface area contributed by atoms with Crippen molar-refractivity contribution in [2.45, 2.75) is 18.9 Å². The molecule has 1 aliphatic rings. The van der Waals surface area contributed by atoms with Crippen LogP contribution in [0.3, 0.4) is 0 Å². The van der Waals surface area contributed by atoms with Crippen LogP contribution in [0.1, 0.15) is 23.7 Å². The van der Waals surface area contributed by atoms with E-state index in [0.29, 0.717) is 18.8 Å². The second kappa shape index (κ2) is 4.09. The number of rotatable bonds is 2. The van der Waals surface area contributed by atoms with Crippen LogP contribution in [0.15, 0.2) is 23.1 Å². The van der Waals surface area contributed by atoms with Crippen LogP contribution < -0.4 is 10.9 Å². The first-order valence-electron chi connectivity index (χ1n) is 5.18. The number of amides is 1. The van der Waals surface area contributed by atoms with E-state index in [0.717, 1.165) is 6.42 Å². The molecular formula is C11H14N2O3. The molecule has 0 aliphatic carbocycles. The lowest BCUT2D eigenvalue weighted by Gasteiger charge is -2.23. The Kier molecular flexibility index (Phi) is 2.78. The third-order valence-corrected chi connectivity index (χ3v) is 2.68. The summed E-state index contributed by atoms with van der Waals surface area (Å²) in [7, 11) is 0. The highest BCUT2D eigenvalue weighted by Crippen LogP contribution is 2.17. The van der Waals surface area contributed by atoms with E-state index in [9.17, 15) is 9.59 Å². The summed E-state index contributed by atoms with van der Waals surface area (Å²) in [6.45, 7) is 3.15. The Morgan fingerprint density at radius 3 is 2.94 bits per heavy atom. The van der Waals surface area contributed by atoms with Crippen LogP contribution in [0.4, 0.5) is 0 Å². The van der Waals surface area contributed by atoms with Crippen LogP contribution in [0.2, 0.25) is 0 Å². The Morgan fingerprint density at radius 2 is 2.38 bits per heavy atom. The molecule has 2 N–H and O–H groups in total. The standard InChI is InChI=1S/C11H14N2O3/c1-11(4-5-16-7-11)13-10(15)8-2-3-9(14)12-6-8/h2-3,6H,4-5,7H2,1H3,(H,12,14)(H,13,15). The monoisotopic (exact) mass is 222 g/mol. The van der Waals surface area contributed by atoms with Gasteiger partial charge in [-0.2, -0.15) is 0 Å². The van der Waals surface area contributed by atoms with E-state index in [1.807, 2.05) is 6.92 Å². The van der Waals surface area contributed by atoms with Crippen LogP contribution in [0.25, 0.3) is 0 Å². The Labute approximate surface area is 92.8 Å². The Hall–Kier alpha value is -1.62. The molecule has 0 bridgehead atoms. The Morgan fingerprint density at radius 1 is 1.56 bits per heavy atom. The second-order valence-electron chi connectivity index (χ2n) is 4.26. The molecule has 1 amide bonds. The molecule has 0 saturated carbocycles. The summed E-state index contributed by atoms with van der Waals surface area (Å²) < 4.78 is 5.24. The zero-order valence-corrected chi connectivity index (χ0v) is 9.08. The molecule has 2 heterocycles. The second-order valence-corrected chi connectivity index (χ2v) is 4.26. The quantitative estimate of drug-likeness (QED) is 0.755. The number of H-pyrrole nitrogens is 1. The van der Waals surface area contributed by atoms with Gasteiger partial charge in [0, 0.05) is 18.9 Å². The molecule has 1 saturated heterocycles. The molecule has 1 aromatic rings. The fourth-order valence-corrected chi connectivity index (χ4v) is 1.66. The van der Waals surface area contributed by atoms with Crippen LogP contribution in [-0.2, 0) is 4.74 Å². The van der Waals surface area contributed by atoms with E-state index in [-0.39, 0.29) is 17.0 Å². The molecule has 0 aromatic carbocycles. The van der Waals surface area contributed by atoms with Gasteiger partial charge in [0.15, 0.2) is 0 Å². The van der Waals surface area contributed by atoms with Crippen molar-refractivity contribution >= 4 is 5.91 Å². The predicted molar refractivity (Wildman–Crippen MR) is 58.4 cm³/mol. The summed E-state index contributed by atoms with van der Waals surface area (Å²) in [4.78, 5) is 25.1. The molecule has 1 aliphatic heterocycles. The van der Waals surface area contributed by atoms with Gasteiger partial charge in [-0.25, -0.2) is 0 Å². The smallest absolute Gasteiger partial charge is 0.253 e. The highest BCUT2D eigenvalue weighted by atomic mass is 16.5. The summed E-state index contributed by atoms with van der Waals surface area (Å²) in [6, 6.07) is 2.84. The molecule has 0 spiro atoms. The first-order chi connectivity index (χ1) is 7.59. The van der Waals surface area contributed by atoms with E-state index in [1.54, 1.807) is 0 Å². The highest BCUT2D eigenvalue weighted by Gasteiger charge is 2.31. The molecule has 1 unspecified atom stereocenters. The van der Waals surface area contributed by atoms with E-state index in [4.69, 9.17) is 4.74 Å². The van der Waals surface area contributed by atoms with Crippen molar-refractivity contribution in [3.63, 3.8) is 0 Å². The molecular weight excluding hydrogens is 208 g/mol. The maximum Gasteiger partial charge on any atom is 0.253 e. The number of carbonyl (C=O) groups excluding carboxylic acids is 1. The van der Waals surface area contributed by atoms with Gasteiger partial charge in [0.25, 0.3) is 5.91 Å². The van der Waals surface area contributed by atoms with E-state index in [2.05, 4.69) is 10.3 Å². The van der Waals surface area contributed by atoms with E-state index < -0.39 is 0 Å². The summed E-state index contributed by atoms with van der Waals surface area (Å²) in [5, 5.41) is 2.91. The van der Waals surface area contributed by atoms with Crippen molar-refractivity contribution in [3.8, 4) is 0 Å². The topological polar surface area (TPSA) is 71.2 Å². The lowest BCUT2D eigenvalue weighted by atomic mass is 10.0. The van der Waals surface area contributed by atoms with Gasteiger partial charge < -0.3 is 15.0 Å². The fourth-order valence-electron chi connectivity index (χ4n) is 1.66.